The molecule has 1 heterocycles. The smallest absolute Gasteiger partial charge is 0.123 e. The first-order chi connectivity index (χ1) is 6.65. The fraction of sp³-hybridized carbons (Fsp3) is 0.727. The largest absolute Gasteiger partial charge is 0.269 e. The number of nitrogens with zero attached hydrogens (tertiary/aromatic N) is 2. The Labute approximate surface area is 99.2 Å². The van der Waals surface area contributed by atoms with Crippen molar-refractivity contribution < 1.29 is 0 Å². The summed E-state index contributed by atoms with van der Waals surface area (Å²) in [5, 5.41) is 4.51. The molecule has 1 aromatic heterocycles. The highest BCUT2D eigenvalue weighted by Crippen LogP contribution is 2.35. The second kappa shape index (κ2) is 4.21. The van der Waals surface area contributed by atoms with Gasteiger partial charge in [-0.05, 0) is 59.8 Å². The van der Waals surface area contributed by atoms with E-state index in [1.807, 2.05) is 0 Å². The van der Waals surface area contributed by atoms with E-state index in [1.54, 1.807) is 0 Å². The van der Waals surface area contributed by atoms with Crippen LogP contribution in [0.5, 0.6) is 0 Å². The molecular formula is C11H17IN2. The van der Waals surface area contributed by atoms with Crippen molar-refractivity contribution in [3.63, 3.8) is 0 Å². The molecule has 1 saturated carbocycles. The summed E-state index contributed by atoms with van der Waals surface area (Å²) in [4.78, 5) is 0. The minimum Gasteiger partial charge on any atom is -0.269 e. The van der Waals surface area contributed by atoms with Crippen molar-refractivity contribution in [2.75, 3.05) is 0 Å². The summed E-state index contributed by atoms with van der Waals surface area (Å²) in [5.74, 6) is 1.70. The van der Waals surface area contributed by atoms with Crippen molar-refractivity contribution in [1.29, 1.82) is 0 Å². The lowest BCUT2D eigenvalue weighted by molar-refractivity contribution is 0.209. The van der Waals surface area contributed by atoms with Crippen LogP contribution < -0.4 is 0 Å². The van der Waals surface area contributed by atoms with Crippen molar-refractivity contribution >= 4 is 22.6 Å². The van der Waals surface area contributed by atoms with Crippen LogP contribution in [0.4, 0.5) is 0 Å². The topological polar surface area (TPSA) is 17.8 Å². The molecule has 0 aliphatic heterocycles. The molecule has 78 valence electrons. The van der Waals surface area contributed by atoms with Gasteiger partial charge in [-0.25, -0.2) is 0 Å². The summed E-state index contributed by atoms with van der Waals surface area (Å²) in [6, 6.07) is 2.72. The fourth-order valence-corrected chi connectivity index (χ4v) is 3.05. The predicted molar refractivity (Wildman–Crippen MR) is 66.2 cm³/mol. The zero-order chi connectivity index (χ0) is 10.1. The first-order valence-corrected chi connectivity index (χ1v) is 6.43. The van der Waals surface area contributed by atoms with E-state index >= 15 is 0 Å². The van der Waals surface area contributed by atoms with E-state index in [9.17, 15) is 0 Å². The van der Waals surface area contributed by atoms with Crippen LogP contribution in [0.2, 0.25) is 0 Å². The average Bonchev–Trinajstić information content (AvgIpc) is 2.50. The van der Waals surface area contributed by atoms with Gasteiger partial charge in [-0.3, -0.25) is 4.68 Å². The molecular weight excluding hydrogens is 287 g/mol. The van der Waals surface area contributed by atoms with Gasteiger partial charge in [0.1, 0.15) is 3.70 Å². The van der Waals surface area contributed by atoms with Crippen LogP contribution >= 0.6 is 22.6 Å². The second-order valence-electron chi connectivity index (χ2n) is 4.69. The number of hydrogen-bond donors (Lipinski definition) is 0. The first kappa shape index (κ1) is 10.5. The average molecular weight is 304 g/mol. The molecule has 0 aromatic carbocycles. The first-order valence-electron chi connectivity index (χ1n) is 5.36. The molecule has 0 bridgehead atoms. The van der Waals surface area contributed by atoms with Crippen LogP contribution in [0, 0.1) is 15.5 Å². The summed E-state index contributed by atoms with van der Waals surface area (Å²) in [6.45, 7) is 4.72. The summed E-state index contributed by atoms with van der Waals surface area (Å²) < 4.78 is 3.27. The quantitative estimate of drug-likeness (QED) is 0.726. The summed E-state index contributed by atoms with van der Waals surface area (Å²) >= 11 is 2.28. The maximum absolute atomic E-state index is 4.51. The number of aromatic nitrogens is 2. The third-order valence-electron chi connectivity index (χ3n) is 3.10. The highest BCUT2D eigenvalue weighted by molar-refractivity contribution is 14.1. The minimum absolute atomic E-state index is 0.636. The third kappa shape index (κ3) is 2.30. The second-order valence-corrected chi connectivity index (χ2v) is 5.79. The van der Waals surface area contributed by atoms with Gasteiger partial charge in [0, 0.05) is 6.20 Å². The van der Waals surface area contributed by atoms with Gasteiger partial charge in [-0.1, -0.05) is 13.8 Å². The monoisotopic (exact) mass is 304 g/mol. The zero-order valence-corrected chi connectivity index (χ0v) is 10.9. The van der Waals surface area contributed by atoms with Gasteiger partial charge >= 0.3 is 0 Å². The van der Waals surface area contributed by atoms with Gasteiger partial charge in [-0.15, -0.1) is 0 Å². The number of halogens is 1. The SMILES string of the molecule is CC1CC(C)CC(n2ccc(I)n2)C1. The maximum atomic E-state index is 4.51. The molecule has 1 aromatic rings. The Kier molecular flexibility index (Phi) is 3.14. The number of rotatable bonds is 1. The fourth-order valence-electron chi connectivity index (χ4n) is 2.64. The third-order valence-corrected chi connectivity index (χ3v) is 3.68. The Morgan fingerprint density at radius 3 is 2.43 bits per heavy atom. The lowest BCUT2D eigenvalue weighted by Crippen LogP contribution is -2.23. The highest BCUT2D eigenvalue weighted by Gasteiger charge is 2.25. The molecule has 1 fully saturated rings. The molecule has 0 saturated heterocycles. The molecule has 0 N–H and O–H groups in total. The van der Waals surface area contributed by atoms with Crippen LogP contribution in [0.3, 0.4) is 0 Å². The zero-order valence-electron chi connectivity index (χ0n) is 8.78. The predicted octanol–water partition coefficient (Wildman–Crippen LogP) is 3.48. The van der Waals surface area contributed by atoms with Crippen molar-refractivity contribution in [2.45, 2.75) is 39.2 Å². The Bertz CT molecular complexity index is 298. The molecule has 2 atom stereocenters. The van der Waals surface area contributed by atoms with Gasteiger partial charge in [-0.2, -0.15) is 5.10 Å². The Morgan fingerprint density at radius 1 is 1.29 bits per heavy atom. The van der Waals surface area contributed by atoms with E-state index in [0.29, 0.717) is 6.04 Å². The van der Waals surface area contributed by atoms with Crippen LogP contribution in [0.25, 0.3) is 0 Å². The Balaban J connectivity index is 2.10. The standard InChI is InChI=1S/C11H17IN2/c1-8-5-9(2)7-10(6-8)14-4-3-11(12)13-14/h3-4,8-10H,5-7H2,1-2H3. The number of hydrogen-bond acceptors (Lipinski definition) is 1. The molecule has 1 aliphatic carbocycles. The van der Waals surface area contributed by atoms with E-state index in [2.05, 4.69) is 58.5 Å². The molecule has 0 amide bonds. The molecule has 2 unspecified atom stereocenters. The van der Waals surface area contributed by atoms with E-state index in [4.69, 9.17) is 0 Å². The summed E-state index contributed by atoms with van der Waals surface area (Å²) in [6.07, 6.45) is 6.09. The van der Waals surface area contributed by atoms with Crippen molar-refractivity contribution in [3.05, 3.63) is 16.0 Å². The maximum Gasteiger partial charge on any atom is 0.123 e. The van der Waals surface area contributed by atoms with Gasteiger partial charge in [0.15, 0.2) is 0 Å². The van der Waals surface area contributed by atoms with E-state index in [1.165, 1.54) is 19.3 Å². The molecule has 0 spiro atoms. The van der Waals surface area contributed by atoms with Gasteiger partial charge in [0.2, 0.25) is 0 Å². The molecule has 14 heavy (non-hydrogen) atoms. The molecule has 2 rings (SSSR count). The lowest BCUT2D eigenvalue weighted by Gasteiger charge is -2.31. The molecule has 3 heteroatoms. The Hall–Kier alpha value is -0.0600. The van der Waals surface area contributed by atoms with Crippen LogP contribution in [0.1, 0.15) is 39.2 Å². The summed E-state index contributed by atoms with van der Waals surface area (Å²) in [7, 11) is 0. The van der Waals surface area contributed by atoms with Crippen LogP contribution in [0.15, 0.2) is 12.3 Å². The normalized spacial score (nSPS) is 33.2. The van der Waals surface area contributed by atoms with Crippen molar-refractivity contribution in [2.24, 2.45) is 11.8 Å². The summed E-state index contributed by atoms with van der Waals surface area (Å²) in [5.41, 5.74) is 0. The van der Waals surface area contributed by atoms with E-state index < -0.39 is 0 Å². The van der Waals surface area contributed by atoms with Gasteiger partial charge in [0.25, 0.3) is 0 Å². The van der Waals surface area contributed by atoms with Crippen molar-refractivity contribution in [3.8, 4) is 0 Å². The molecule has 1 aliphatic rings. The van der Waals surface area contributed by atoms with E-state index in [-0.39, 0.29) is 0 Å². The van der Waals surface area contributed by atoms with Crippen LogP contribution in [-0.2, 0) is 0 Å². The van der Waals surface area contributed by atoms with Gasteiger partial charge in [0.05, 0.1) is 6.04 Å². The van der Waals surface area contributed by atoms with Crippen molar-refractivity contribution in [1.82, 2.24) is 9.78 Å². The lowest BCUT2D eigenvalue weighted by atomic mass is 9.80. The highest BCUT2D eigenvalue weighted by atomic mass is 127. The van der Waals surface area contributed by atoms with Gasteiger partial charge < -0.3 is 0 Å². The van der Waals surface area contributed by atoms with E-state index in [0.717, 1.165) is 15.5 Å². The van der Waals surface area contributed by atoms with Crippen LogP contribution in [-0.4, -0.2) is 9.78 Å². The molecule has 2 nitrogen and oxygen atoms in total. The Morgan fingerprint density at radius 2 is 1.93 bits per heavy atom. The molecule has 0 radical (unpaired) electrons. The minimum atomic E-state index is 0.636.